The molecule has 59 heavy (non-hydrogen) atoms. The van der Waals surface area contributed by atoms with Crippen LogP contribution in [-0.2, 0) is 14.3 Å². The number of aliphatic hydroxyl groups is 1. The minimum absolute atomic E-state index is 0.0146. The van der Waals surface area contributed by atoms with Gasteiger partial charge in [0.1, 0.15) is 0 Å². The molecule has 0 saturated heterocycles. The monoisotopic (exact) mass is 843 g/mol. The molecular formula is C50H106N4O5. The standard InChI is InChI=1S/C46H94N2O2.C2H5N.CH5NO.CH2O2/c1-4-7-10-13-16-25-35-44-50-46(49)39-30-22-18-24-33-42-48(43-34-26-31-40-47)41-32-23-17-21-29-38-45(36-27-19-14-11-8-5-2)37-28-20-15-12-9-6-3;1-3-2;2*2-1-3/h45H,4-44,47H2,1-3H3;1H2,2H3;3H,1-2H2;1H,(H,2,3). The first-order valence-electron chi connectivity index (χ1n) is 25.2. The average molecular weight is 843 g/mol. The van der Waals surface area contributed by atoms with Gasteiger partial charge in [-0.1, -0.05) is 207 Å². The van der Waals surface area contributed by atoms with Crippen molar-refractivity contribution in [2.45, 2.75) is 252 Å². The number of carbonyl (C=O) groups is 2. The maximum Gasteiger partial charge on any atom is 0.305 e. The molecule has 0 fully saturated rings. The molecular weight excluding hydrogens is 737 g/mol. The highest BCUT2D eigenvalue weighted by Crippen LogP contribution is 2.25. The quantitative estimate of drug-likeness (QED) is 0.0156. The number of aliphatic hydroxyl groups excluding tert-OH is 1. The number of nitrogens with zero attached hydrogens (tertiary/aromatic N) is 2. The van der Waals surface area contributed by atoms with Crippen LogP contribution in [0.1, 0.15) is 252 Å². The SMILES string of the molecule is C=NC.CCCCCCCCCOC(=O)CCCCCCCN(CCCCCN)CCCCCCCC(CCCCCCCC)CCCCCCCC.NCO.O=CO. The first-order valence-corrected chi connectivity index (χ1v) is 25.2. The zero-order valence-corrected chi connectivity index (χ0v) is 40.2. The van der Waals surface area contributed by atoms with E-state index in [1.807, 2.05) is 0 Å². The van der Waals surface area contributed by atoms with Crippen molar-refractivity contribution in [2.24, 2.45) is 22.4 Å². The molecule has 0 aliphatic rings. The second kappa shape index (κ2) is 63.1. The van der Waals surface area contributed by atoms with Crippen molar-refractivity contribution in [3.8, 4) is 0 Å². The van der Waals surface area contributed by atoms with E-state index in [2.05, 4.69) is 43.1 Å². The molecule has 0 aromatic carbocycles. The van der Waals surface area contributed by atoms with Gasteiger partial charge in [0.25, 0.3) is 6.47 Å². The first kappa shape index (κ1) is 64.1. The Labute approximate surface area is 368 Å². The lowest BCUT2D eigenvalue weighted by Crippen LogP contribution is -2.27. The summed E-state index contributed by atoms with van der Waals surface area (Å²) in [7, 11) is 1.64. The van der Waals surface area contributed by atoms with Crippen LogP contribution < -0.4 is 11.5 Å². The van der Waals surface area contributed by atoms with Gasteiger partial charge >= 0.3 is 5.97 Å². The molecule has 0 bridgehead atoms. The van der Waals surface area contributed by atoms with Crippen LogP contribution in [0.4, 0.5) is 0 Å². The normalized spacial score (nSPS) is 10.7. The van der Waals surface area contributed by atoms with Crippen molar-refractivity contribution in [1.29, 1.82) is 0 Å². The Balaban J connectivity index is -0.00000153. The fraction of sp³-hybridized carbons (Fsp3) is 0.940. The van der Waals surface area contributed by atoms with E-state index in [0.717, 1.165) is 38.1 Å². The Morgan fingerprint density at radius 3 is 1.22 bits per heavy atom. The van der Waals surface area contributed by atoms with Gasteiger partial charge in [-0.3, -0.25) is 9.59 Å². The molecule has 9 nitrogen and oxygen atoms in total. The van der Waals surface area contributed by atoms with Crippen molar-refractivity contribution in [2.75, 3.05) is 46.6 Å². The van der Waals surface area contributed by atoms with Crippen molar-refractivity contribution in [3.63, 3.8) is 0 Å². The van der Waals surface area contributed by atoms with Gasteiger partial charge in [-0.15, -0.1) is 0 Å². The predicted molar refractivity (Wildman–Crippen MR) is 259 cm³/mol. The minimum atomic E-state index is -0.250. The summed E-state index contributed by atoms with van der Waals surface area (Å²) >= 11 is 0. The highest BCUT2D eigenvalue weighted by molar-refractivity contribution is 5.69. The highest BCUT2D eigenvalue weighted by Gasteiger charge is 2.10. The number of hydrogen-bond acceptors (Lipinski definition) is 8. The van der Waals surface area contributed by atoms with E-state index in [-0.39, 0.29) is 19.2 Å². The van der Waals surface area contributed by atoms with Crippen molar-refractivity contribution >= 4 is 19.2 Å². The Hall–Kier alpha value is -1.55. The number of rotatable bonds is 43. The van der Waals surface area contributed by atoms with Crippen molar-refractivity contribution in [1.82, 2.24) is 4.90 Å². The molecule has 0 rings (SSSR count). The molecule has 0 aromatic heterocycles. The number of carboxylic acid groups (broad SMARTS) is 1. The van der Waals surface area contributed by atoms with Crippen LogP contribution >= 0.6 is 0 Å². The van der Waals surface area contributed by atoms with Gasteiger partial charge in [-0.05, 0) is 77.3 Å². The number of esters is 1. The molecule has 0 aliphatic carbocycles. The zero-order valence-electron chi connectivity index (χ0n) is 40.2. The summed E-state index contributed by atoms with van der Waals surface area (Å²) in [5.74, 6) is 1.01. The number of carbonyl (C=O) groups excluding carboxylic acids is 1. The smallest absolute Gasteiger partial charge is 0.305 e. The summed E-state index contributed by atoms with van der Waals surface area (Å²) in [5.41, 5.74) is 10.2. The fourth-order valence-electron chi connectivity index (χ4n) is 7.60. The van der Waals surface area contributed by atoms with Gasteiger partial charge in [-0.25, -0.2) is 0 Å². The zero-order chi connectivity index (χ0) is 44.6. The van der Waals surface area contributed by atoms with Gasteiger partial charge in [0.15, 0.2) is 0 Å². The third-order valence-electron chi connectivity index (χ3n) is 11.1. The fourth-order valence-corrected chi connectivity index (χ4v) is 7.60. The van der Waals surface area contributed by atoms with Gasteiger partial charge < -0.3 is 36.3 Å². The lowest BCUT2D eigenvalue weighted by atomic mass is 9.89. The number of aliphatic imine (C=N–C) groups is 1. The summed E-state index contributed by atoms with van der Waals surface area (Å²) < 4.78 is 5.46. The second-order valence-corrected chi connectivity index (χ2v) is 16.7. The largest absolute Gasteiger partial charge is 0.483 e. The van der Waals surface area contributed by atoms with Crippen LogP contribution in [-0.4, -0.2) is 80.8 Å². The number of unbranched alkanes of at least 4 members (excludes halogenated alkanes) is 26. The first-order chi connectivity index (χ1) is 28.9. The van der Waals surface area contributed by atoms with Crippen LogP contribution in [0.15, 0.2) is 4.99 Å². The molecule has 0 unspecified atom stereocenters. The summed E-state index contributed by atoms with van der Waals surface area (Å²) in [5, 5.41) is 14.2. The van der Waals surface area contributed by atoms with Crippen LogP contribution in [0.5, 0.6) is 0 Å². The Morgan fingerprint density at radius 2 is 0.864 bits per heavy atom. The van der Waals surface area contributed by atoms with Crippen molar-refractivity contribution < 1.29 is 24.5 Å². The Morgan fingerprint density at radius 1 is 0.576 bits per heavy atom. The molecule has 9 heteroatoms. The minimum Gasteiger partial charge on any atom is -0.483 e. The summed E-state index contributed by atoms with van der Waals surface area (Å²) in [6.45, 7) is 14.7. The molecule has 0 spiro atoms. The van der Waals surface area contributed by atoms with E-state index in [1.165, 1.54) is 219 Å². The maximum absolute atomic E-state index is 12.1. The lowest BCUT2D eigenvalue weighted by Gasteiger charge is -2.22. The third-order valence-corrected chi connectivity index (χ3v) is 11.1. The van der Waals surface area contributed by atoms with Crippen LogP contribution in [0.25, 0.3) is 0 Å². The molecule has 6 N–H and O–H groups in total. The van der Waals surface area contributed by atoms with E-state index in [4.69, 9.17) is 25.5 Å². The summed E-state index contributed by atoms with van der Waals surface area (Å²) in [6.07, 6.45) is 47.9. The maximum atomic E-state index is 12.1. The van der Waals surface area contributed by atoms with Gasteiger partial charge in [-0.2, -0.15) is 0 Å². The predicted octanol–water partition coefficient (Wildman–Crippen LogP) is 13.4. The highest BCUT2D eigenvalue weighted by atomic mass is 16.5. The van der Waals surface area contributed by atoms with Crippen LogP contribution in [0, 0.1) is 5.92 Å². The van der Waals surface area contributed by atoms with Crippen LogP contribution in [0.3, 0.4) is 0 Å². The Kier molecular flexibility index (Phi) is 68.5. The summed E-state index contributed by atoms with van der Waals surface area (Å²) in [6, 6.07) is 0. The molecule has 356 valence electrons. The van der Waals surface area contributed by atoms with E-state index in [0.29, 0.717) is 13.0 Å². The van der Waals surface area contributed by atoms with Gasteiger partial charge in [0, 0.05) is 13.5 Å². The molecule has 0 amide bonds. The number of ether oxygens (including phenoxy) is 1. The molecule has 0 atom stereocenters. The number of hydrogen-bond donors (Lipinski definition) is 4. The van der Waals surface area contributed by atoms with E-state index in [1.54, 1.807) is 7.05 Å². The van der Waals surface area contributed by atoms with Gasteiger partial charge in [0.05, 0.1) is 13.3 Å². The summed E-state index contributed by atoms with van der Waals surface area (Å²) in [4.78, 5) is 26.4. The second-order valence-electron chi connectivity index (χ2n) is 16.7. The third kappa shape index (κ3) is 65.8. The van der Waals surface area contributed by atoms with E-state index in [9.17, 15) is 4.79 Å². The van der Waals surface area contributed by atoms with Crippen molar-refractivity contribution in [3.05, 3.63) is 0 Å². The number of nitrogens with two attached hydrogens (primary N) is 2. The molecule has 0 aromatic rings. The molecule has 0 aliphatic heterocycles. The average Bonchev–Trinajstić information content (AvgIpc) is 3.22. The lowest BCUT2D eigenvalue weighted by molar-refractivity contribution is -0.143. The van der Waals surface area contributed by atoms with Gasteiger partial charge in [0.2, 0.25) is 0 Å². The topological polar surface area (TPSA) is 151 Å². The molecule has 0 heterocycles. The molecule has 0 saturated carbocycles. The van der Waals surface area contributed by atoms with Crippen LogP contribution in [0.2, 0.25) is 0 Å². The van der Waals surface area contributed by atoms with E-state index < -0.39 is 0 Å². The van der Waals surface area contributed by atoms with E-state index >= 15 is 0 Å². The molecule has 0 radical (unpaired) electrons. The Bertz CT molecular complexity index is 739.